The van der Waals surface area contributed by atoms with Crippen LogP contribution in [0.1, 0.15) is 49.9 Å². The van der Waals surface area contributed by atoms with Gasteiger partial charge in [0.2, 0.25) is 0 Å². The van der Waals surface area contributed by atoms with E-state index in [-0.39, 0.29) is 6.09 Å². The second-order valence-electron chi connectivity index (χ2n) is 7.16. The van der Waals surface area contributed by atoms with E-state index in [9.17, 15) is 4.79 Å². The molecule has 2 rings (SSSR count). The van der Waals surface area contributed by atoms with E-state index in [0.29, 0.717) is 12.0 Å². The lowest BCUT2D eigenvalue weighted by Crippen LogP contribution is -2.36. The van der Waals surface area contributed by atoms with Gasteiger partial charge in [0, 0.05) is 35.4 Å². The van der Waals surface area contributed by atoms with E-state index >= 15 is 0 Å². The van der Waals surface area contributed by atoms with E-state index in [1.54, 1.807) is 0 Å². The lowest BCUT2D eigenvalue weighted by Gasteiger charge is -2.24. The van der Waals surface area contributed by atoms with Crippen molar-refractivity contribution in [1.29, 1.82) is 0 Å². The van der Waals surface area contributed by atoms with Gasteiger partial charge in [-0.3, -0.25) is 0 Å². The third kappa shape index (κ3) is 4.99. The molecule has 1 fully saturated rings. The third-order valence-electron chi connectivity index (χ3n) is 3.84. The highest BCUT2D eigenvalue weighted by atomic mass is 32.1. The third-order valence-corrected chi connectivity index (χ3v) is 5.02. The predicted molar refractivity (Wildman–Crippen MR) is 91.4 cm³/mol. The zero-order chi connectivity index (χ0) is 16.3. The van der Waals surface area contributed by atoms with Crippen LogP contribution in [0.25, 0.3) is 0 Å². The topological polar surface area (TPSA) is 41.6 Å². The highest BCUT2D eigenvalue weighted by molar-refractivity contribution is 7.12. The molecule has 1 aliphatic heterocycles. The number of hydrogen-bond acceptors (Lipinski definition) is 4. The molecule has 0 radical (unpaired) electrons. The minimum atomic E-state index is -0.418. The van der Waals surface area contributed by atoms with Crippen molar-refractivity contribution in [1.82, 2.24) is 10.2 Å². The fraction of sp³-hybridized carbons (Fsp3) is 0.706. The molecule has 5 heteroatoms. The summed E-state index contributed by atoms with van der Waals surface area (Å²) in [6.45, 7) is 12.6. The van der Waals surface area contributed by atoms with Gasteiger partial charge in [-0.15, -0.1) is 11.3 Å². The highest BCUT2D eigenvalue weighted by Gasteiger charge is 2.29. The number of aryl methyl sites for hydroxylation is 1. The summed E-state index contributed by atoms with van der Waals surface area (Å²) in [6, 6.07) is 4.73. The second kappa shape index (κ2) is 7.01. The molecule has 2 unspecified atom stereocenters. The predicted octanol–water partition coefficient (Wildman–Crippen LogP) is 3.96. The van der Waals surface area contributed by atoms with E-state index < -0.39 is 5.60 Å². The molecule has 0 saturated carbocycles. The summed E-state index contributed by atoms with van der Waals surface area (Å²) in [6.07, 6.45) is 0.861. The Balaban J connectivity index is 1.75. The number of ether oxygens (including phenoxy) is 1. The van der Waals surface area contributed by atoms with Crippen LogP contribution in [0.15, 0.2) is 12.1 Å². The number of rotatable bonds is 4. The first-order chi connectivity index (χ1) is 10.2. The maximum absolute atomic E-state index is 12.1. The largest absolute Gasteiger partial charge is 0.444 e. The Morgan fingerprint density at radius 3 is 2.82 bits per heavy atom. The molecule has 1 amide bonds. The van der Waals surface area contributed by atoms with Gasteiger partial charge < -0.3 is 15.0 Å². The van der Waals surface area contributed by atoms with Crippen molar-refractivity contribution in [2.75, 3.05) is 19.6 Å². The Kier molecular flexibility index (Phi) is 5.50. The molecule has 1 aromatic heterocycles. The van der Waals surface area contributed by atoms with Crippen LogP contribution in [-0.4, -0.2) is 36.2 Å². The van der Waals surface area contributed by atoms with Crippen molar-refractivity contribution in [3.63, 3.8) is 0 Å². The van der Waals surface area contributed by atoms with Crippen molar-refractivity contribution in [3.05, 3.63) is 21.9 Å². The summed E-state index contributed by atoms with van der Waals surface area (Å²) >= 11 is 1.84. The van der Waals surface area contributed by atoms with Crippen molar-refractivity contribution < 1.29 is 9.53 Å². The fourth-order valence-corrected chi connectivity index (χ4v) is 3.53. The normalized spacial score (nSPS) is 20.2. The number of carbonyl (C=O) groups excluding carboxylic acids is 1. The van der Waals surface area contributed by atoms with Crippen molar-refractivity contribution in [2.24, 2.45) is 5.92 Å². The molecule has 0 aliphatic carbocycles. The minimum Gasteiger partial charge on any atom is -0.444 e. The van der Waals surface area contributed by atoms with Crippen LogP contribution in [0, 0.1) is 12.8 Å². The van der Waals surface area contributed by atoms with Crippen molar-refractivity contribution >= 4 is 17.4 Å². The molecule has 1 saturated heterocycles. The lowest BCUT2D eigenvalue weighted by molar-refractivity contribution is 0.0288. The highest BCUT2D eigenvalue weighted by Crippen LogP contribution is 2.24. The zero-order valence-electron chi connectivity index (χ0n) is 14.3. The quantitative estimate of drug-likeness (QED) is 0.911. The summed E-state index contributed by atoms with van der Waals surface area (Å²) < 4.78 is 5.44. The van der Waals surface area contributed by atoms with Crippen LogP contribution in [0.2, 0.25) is 0 Å². The number of nitrogens with zero attached hydrogens (tertiary/aromatic N) is 1. The Bertz CT molecular complexity index is 507. The molecule has 0 aromatic carbocycles. The van der Waals surface area contributed by atoms with Gasteiger partial charge in [-0.1, -0.05) is 0 Å². The maximum Gasteiger partial charge on any atom is 0.410 e. The van der Waals surface area contributed by atoms with Gasteiger partial charge in [0.1, 0.15) is 5.60 Å². The first-order valence-electron chi connectivity index (χ1n) is 8.02. The smallest absolute Gasteiger partial charge is 0.410 e. The van der Waals surface area contributed by atoms with E-state index in [2.05, 4.69) is 31.3 Å². The average Bonchev–Trinajstić information content (AvgIpc) is 3.02. The number of hydrogen-bond donors (Lipinski definition) is 1. The van der Waals surface area contributed by atoms with Gasteiger partial charge in [0.25, 0.3) is 0 Å². The first kappa shape index (κ1) is 17.3. The molecule has 22 heavy (non-hydrogen) atoms. The van der Waals surface area contributed by atoms with Crippen LogP contribution in [0.5, 0.6) is 0 Å². The number of nitrogens with one attached hydrogen (secondary N) is 1. The van der Waals surface area contributed by atoms with Crippen LogP contribution in [-0.2, 0) is 4.74 Å². The summed E-state index contributed by atoms with van der Waals surface area (Å²) in [5, 5.41) is 3.59. The molecule has 124 valence electrons. The van der Waals surface area contributed by atoms with E-state index in [1.807, 2.05) is 37.0 Å². The molecule has 0 spiro atoms. The molecule has 2 atom stereocenters. The average molecular weight is 324 g/mol. The molecule has 4 nitrogen and oxygen atoms in total. The lowest BCUT2D eigenvalue weighted by atomic mass is 10.1. The Labute approximate surface area is 137 Å². The van der Waals surface area contributed by atoms with Gasteiger partial charge in [-0.05, 0) is 59.1 Å². The molecular weight excluding hydrogens is 296 g/mol. The molecule has 2 heterocycles. The standard InChI is InChI=1S/C17H28N2O2S/c1-12-6-7-15(22-12)13(2)18-10-14-8-9-19(11-14)16(20)21-17(3,4)5/h6-7,13-14,18H,8-11H2,1-5H3. The SMILES string of the molecule is Cc1ccc(C(C)NCC2CCN(C(=O)OC(C)(C)C)C2)s1. The summed E-state index contributed by atoms with van der Waals surface area (Å²) in [5.74, 6) is 0.510. The zero-order valence-corrected chi connectivity index (χ0v) is 15.1. The summed E-state index contributed by atoms with van der Waals surface area (Å²) in [5.41, 5.74) is -0.418. The Morgan fingerprint density at radius 2 is 2.23 bits per heavy atom. The molecular formula is C17H28N2O2S. The van der Waals surface area contributed by atoms with Crippen LogP contribution in [0.3, 0.4) is 0 Å². The van der Waals surface area contributed by atoms with E-state index in [4.69, 9.17) is 4.74 Å². The van der Waals surface area contributed by atoms with Gasteiger partial charge in [0.05, 0.1) is 0 Å². The molecule has 0 bridgehead atoms. The number of likely N-dealkylation sites (tertiary alicyclic amines) is 1. The van der Waals surface area contributed by atoms with Crippen molar-refractivity contribution in [2.45, 2.75) is 52.7 Å². The second-order valence-corrected chi connectivity index (χ2v) is 8.48. The Morgan fingerprint density at radius 1 is 1.50 bits per heavy atom. The maximum atomic E-state index is 12.1. The van der Waals surface area contributed by atoms with E-state index in [1.165, 1.54) is 9.75 Å². The van der Waals surface area contributed by atoms with Crippen LogP contribution in [0.4, 0.5) is 4.79 Å². The van der Waals surface area contributed by atoms with Gasteiger partial charge in [-0.2, -0.15) is 0 Å². The monoisotopic (exact) mass is 324 g/mol. The first-order valence-corrected chi connectivity index (χ1v) is 8.84. The van der Waals surface area contributed by atoms with Gasteiger partial charge >= 0.3 is 6.09 Å². The summed E-state index contributed by atoms with van der Waals surface area (Å²) in [7, 11) is 0. The van der Waals surface area contributed by atoms with Gasteiger partial charge in [-0.25, -0.2) is 4.79 Å². The molecule has 1 aliphatic rings. The molecule has 1 N–H and O–H groups in total. The number of carbonyl (C=O) groups is 1. The fourth-order valence-electron chi connectivity index (χ4n) is 2.62. The molecule has 1 aromatic rings. The minimum absolute atomic E-state index is 0.183. The Hall–Kier alpha value is -1.07. The van der Waals surface area contributed by atoms with Gasteiger partial charge in [0.15, 0.2) is 0 Å². The van der Waals surface area contributed by atoms with E-state index in [0.717, 1.165) is 26.1 Å². The number of amides is 1. The number of thiophene rings is 1. The van der Waals surface area contributed by atoms with Crippen LogP contribution < -0.4 is 5.32 Å². The van der Waals surface area contributed by atoms with Crippen LogP contribution >= 0.6 is 11.3 Å². The van der Waals surface area contributed by atoms with Crippen molar-refractivity contribution in [3.8, 4) is 0 Å². The summed E-state index contributed by atoms with van der Waals surface area (Å²) in [4.78, 5) is 16.6.